The van der Waals surface area contributed by atoms with Crippen LogP contribution in [0.2, 0.25) is 0 Å². The molecule has 1 heterocycles. The highest BCUT2D eigenvalue weighted by atomic mass is 35.7. The summed E-state index contributed by atoms with van der Waals surface area (Å²) in [5.41, 5.74) is -0.453. The number of rotatable bonds is 2. The minimum atomic E-state index is -1.26. The molecule has 0 aromatic carbocycles. The molecule has 0 aromatic rings. The van der Waals surface area contributed by atoms with Gasteiger partial charge in [0.15, 0.2) is 0 Å². The quantitative estimate of drug-likeness (QED) is 0.731. The molecule has 1 unspecified atom stereocenters. The van der Waals surface area contributed by atoms with Gasteiger partial charge in [-0.25, -0.2) is 9.00 Å². The van der Waals surface area contributed by atoms with Crippen molar-refractivity contribution in [3.63, 3.8) is 0 Å². The third-order valence-corrected chi connectivity index (χ3v) is 3.74. The summed E-state index contributed by atoms with van der Waals surface area (Å²) in [6, 6.07) is 0. The van der Waals surface area contributed by atoms with E-state index < -0.39 is 15.6 Å². The van der Waals surface area contributed by atoms with Crippen molar-refractivity contribution in [1.82, 2.24) is 4.90 Å². The Labute approximate surface area is 110 Å². The van der Waals surface area contributed by atoms with E-state index in [1.807, 2.05) is 20.8 Å². The minimum Gasteiger partial charge on any atom is -0.444 e. The van der Waals surface area contributed by atoms with Gasteiger partial charge in [0.05, 0.1) is 0 Å². The average molecular weight is 282 g/mol. The third kappa shape index (κ3) is 5.73. The molecule has 0 aliphatic carbocycles. The van der Waals surface area contributed by atoms with Crippen LogP contribution in [0.1, 0.15) is 33.6 Å². The average Bonchev–Trinajstić information content (AvgIpc) is 2.15. The van der Waals surface area contributed by atoms with Crippen LogP contribution in [-0.2, 0) is 14.7 Å². The first kappa shape index (κ1) is 14.8. The monoisotopic (exact) mass is 281 g/mol. The van der Waals surface area contributed by atoms with Gasteiger partial charge in [0.1, 0.15) is 15.6 Å². The largest absolute Gasteiger partial charge is 0.444 e. The highest BCUT2D eigenvalue weighted by Crippen LogP contribution is 2.20. The summed E-state index contributed by atoms with van der Waals surface area (Å²) in [7, 11) is 4.20. The normalized spacial score (nSPS) is 20.1. The van der Waals surface area contributed by atoms with Crippen LogP contribution < -0.4 is 0 Å². The van der Waals surface area contributed by atoms with E-state index >= 15 is 0 Å². The van der Waals surface area contributed by atoms with Gasteiger partial charge < -0.3 is 9.64 Å². The van der Waals surface area contributed by atoms with Crippen LogP contribution in [0.3, 0.4) is 0 Å². The molecule has 0 saturated carbocycles. The van der Waals surface area contributed by atoms with Gasteiger partial charge in [-0.05, 0) is 50.2 Å². The molecule has 6 heteroatoms. The van der Waals surface area contributed by atoms with Crippen molar-refractivity contribution in [3.05, 3.63) is 0 Å². The number of halogens is 1. The molecule has 0 aromatic heterocycles. The first-order valence-electron chi connectivity index (χ1n) is 5.80. The molecule has 1 atom stereocenters. The molecule has 100 valence electrons. The molecule has 17 heavy (non-hydrogen) atoms. The number of ether oxygens (including phenoxy) is 1. The van der Waals surface area contributed by atoms with E-state index in [4.69, 9.17) is 15.4 Å². The number of nitrogens with zero attached hydrogens (tertiary/aromatic N) is 1. The van der Waals surface area contributed by atoms with Crippen molar-refractivity contribution in [2.45, 2.75) is 39.2 Å². The fourth-order valence-corrected chi connectivity index (χ4v) is 3.03. The first-order valence-corrected chi connectivity index (χ1v) is 7.95. The molecule has 0 bridgehead atoms. The summed E-state index contributed by atoms with van der Waals surface area (Å²) < 4.78 is 16.2. The zero-order valence-electron chi connectivity index (χ0n) is 10.6. The third-order valence-electron chi connectivity index (χ3n) is 2.63. The van der Waals surface area contributed by atoms with E-state index in [1.165, 1.54) is 0 Å². The van der Waals surface area contributed by atoms with Crippen LogP contribution in [0.15, 0.2) is 0 Å². The molecule has 1 saturated heterocycles. The van der Waals surface area contributed by atoms with E-state index in [0.717, 1.165) is 12.8 Å². The van der Waals surface area contributed by atoms with Crippen LogP contribution in [0.5, 0.6) is 0 Å². The Bertz CT molecular complexity index is 296. The summed E-state index contributed by atoms with van der Waals surface area (Å²) in [5, 5.41) is 0. The second-order valence-electron chi connectivity index (χ2n) is 5.37. The molecule has 0 N–H and O–H groups in total. The smallest absolute Gasteiger partial charge is 0.410 e. The lowest BCUT2D eigenvalue weighted by Gasteiger charge is -2.33. The summed E-state index contributed by atoms with van der Waals surface area (Å²) >= 11 is 0. The summed E-state index contributed by atoms with van der Waals surface area (Å²) in [5.74, 6) is 0.871. The van der Waals surface area contributed by atoms with Crippen molar-refractivity contribution in [2.75, 3.05) is 18.8 Å². The second-order valence-corrected chi connectivity index (χ2v) is 7.31. The highest BCUT2D eigenvalue weighted by molar-refractivity contribution is 8.08. The van der Waals surface area contributed by atoms with E-state index in [1.54, 1.807) is 4.90 Å². The number of piperidine rings is 1. The zero-order chi connectivity index (χ0) is 13.1. The predicted octanol–water partition coefficient (Wildman–Crippen LogP) is 2.54. The summed E-state index contributed by atoms with van der Waals surface area (Å²) in [6.45, 7) is 6.89. The molecule has 1 aliphatic rings. The van der Waals surface area contributed by atoms with Gasteiger partial charge in [0.25, 0.3) is 0 Å². The molecule has 1 aliphatic heterocycles. The highest BCUT2D eigenvalue weighted by Gasteiger charge is 2.27. The maximum Gasteiger partial charge on any atom is 0.410 e. The van der Waals surface area contributed by atoms with E-state index in [2.05, 4.69) is 0 Å². The minimum absolute atomic E-state index is 0.261. The van der Waals surface area contributed by atoms with Crippen LogP contribution in [-0.4, -0.2) is 39.6 Å². The summed E-state index contributed by atoms with van der Waals surface area (Å²) in [6.07, 6.45) is 1.43. The Balaban J connectivity index is 2.36. The SMILES string of the molecule is CC(C)(C)OC(=O)N1CCC(CS(=O)Cl)CC1. The first-order chi connectivity index (χ1) is 7.78. The van der Waals surface area contributed by atoms with E-state index in [9.17, 15) is 9.00 Å². The van der Waals surface area contributed by atoms with Crippen molar-refractivity contribution < 1.29 is 13.7 Å². The lowest BCUT2D eigenvalue weighted by atomic mass is 9.99. The maximum atomic E-state index is 11.8. The Hall–Kier alpha value is -0.290. The fourth-order valence-electron chi connectivity index (χ4n) is 1.79. The molecule has 1 rings (SSSR count). The molecule has 4 nitrogen and oxygen atoms in total. The van der Waals surface area contributed by atoms with E-state index in [0.29, 0.717) is 24.8 Å². The number of amides is 1. The lowest BCUT2D eigenvalue weighted by Crippen LogP contribution is -2.42. The lowest BCUT2D eigenvalue weighted by molar-refractivity contribution is 0.0191. The van der Waals surface area contributed by atoms with Crippen molar-refractivity contribution in [2.24, 2.45) is 5.92 Å². The van der Waals surface area contributed by atoms with Crippen molar-refractivity contribution >= 4 is 26.8 Å². The Kier molecular flexibility index (Phi) is 5.25. The molecule has 1 fully saturated rings. The molecular weight excluding hydrogens is 262 g/mol. The standard InChI is InChI=1S/C11H20ClNO3S/c1-11(2,3)16-10(14)13-6-4-9(5-7-13)8-17(12)15/h9H,4-8H2,1-3H3. The predicted molar refractivity (Wildman–Crippen MR) is 69.4 cm³/mol. The van der Waals surface area contributed by atoms with Gasteiger partial charge >= 0.3 is 6.09 Å². The number of hydrogen-bond acceptors (Lipinski definition) is 3. The second kappa shape index (κ2) is 6.05. The number of carbonyl (C=O) groups excluding carboxylic acids is 1. The zero-order valence-corrected chi connectivity index (χ0v) is 12.1. The van der Waals surface area contributed by atoms with Gasteiger partial charge in [-0.1, -0.05) is 0 Å². The van der Waals surface area contributed by atoms with Crippen LogP contribution in [0.4, 0.5) is 4.79 Å². The molecule has 1 amide bonds. The van der Waals surface area contributed by atoms with Gasteiger partial charge in [-0.2, -0.15) is 0 Å². The van der Waals surface area contributed by atoms with Gasteiger partial charge in [0, 0.05) is 18.8 Å². The van der Waals surface area contributed by atoms with Crippen LogP contribution in [0, 0.1) is 5.92 Å². The number of hydrogen-bond donors (Lipinski definition) is 0. The Morgan fingerprint density at radius 1 is 1.41 bits per heavy atom. The van der Waals surface area contributed by atoms with Crippen LogP contribution in [0.25, 0.3) is 0 Å². The van der Waals surface area contributed by atoms with Crippen molar-refractivity contribution in [1.29, 1.82) is 0 Å². The van der Waals surface area contributed by atoms with Gasteiger partial charge in [-0.3, -0.25) is 0 Å². The molecule has 0 radical (unpaired) electrons. The van der Waals surface area contributed by atoms with Gasteiger partial charge in [0.2, 0.25) is 0 Å². The summed E-state index contributed by atoms with van der Waals surface area (Å²) in [4.78, 5) is 13.5. The Morgan fingerprint density at radius 3 is 2.35 bits per heavy atom. The van der Waals surface area contributed by atoms with E-state index in [-0.39, 0.29) is 6.09 Å². The van der Waals surface area contributed by atoms with Gasteiger partial charge in [-0.15, -0.1) is 0 Å². The molecular formula is C11H20ClNO3S. The topological polar surface area (TPSA) is 46.6 Å². The van der Waals surface area contributed by atoms with Crippen LogP contribution >= 0.6 is 10.7 Å². The number of carbonyl (C=O) groups is 1. The fraction of sp³-hybridized carbons (Fsp3) is 0.909. The number of likely N-dealkylation sites (tertiary alicyclic amines) is 1. The maximum absolute atomic E-state index is 11.8. The Morgan fingerprint density at radius 2 is 1.94 bits per heavy atom. The van der Waals surface area contributed by atoms with Crippen molar-refractivity contribution in [3.8, 4) is 0 Å². The molecule has 0 spiro atoms.